The summed E-state index contributed by atoms with van der Waals surface area (Å²) in [6.07, 6.45) is 0.667. The molecule has 0 unspecified atom stereocenters. The highest BCUT2D eigenvalue weighted by Gasteiger charge is 2.24. The van der Waals surface area contributed by atoms with E-state index < -0.39 is 12.1 Å². The fraction of sp³-hybridized carbons (Fsp3) is 0.273. The predicted molar refractivity (Wildman–Crippen MR) is 106 cm³/mol. The summed E-state index contributed by atoms with van der Waals surface area (Å²) in [5, 5.41) is 0.816. The van der Waals surface area contributed by atoms with Crippen molar-refractivity contribution in [3.63, 3.8) is 0 Å². The van der Waals surface area contributed by atoms with Gasteiger partial charge in [-0.25, -0.2) is 0 Å². The number of furan rings is 1. The monoisotopic (exact) mass is 381 g/mol. The van der Waals surface area contributed by atoms with Crippen LogP contribution in [0.1, 0.15) is 19.4 Å². The Hall–Kier alpha value is -3.28. The summed E-state index contributed by atoms with van der Waals surface area (Å²) >= 11 is 0. The van der Waals surface area contributed by atoms with Crippen molar-refractivity contribution in [3.8, 4) is 5.75 Å². The molecule has 146 valence electrons. The van der Waals surface area contributed by atoms with E-state index in [2.05, 4.69) is 0 Å². The fourth-order valence-corrected chi connectivity index (χ4v) is 3.07. The van der Waals surface area contributed by atoms with E-state index in [0.29, 0.717) is 23.4 Å². The summed E-state index contributed by atoms with van der Waals surface area (Å²) < 4.78 is 16.0. The molecule has 0 spiro atoms. The number of nitrogens with zero attached hydrogens (tertiary/aromatic N) is 1. The van der Waals surface area contributed by atoms with Crippen molar-refractivity contribution in [2.75, 3.05) is 18.6 Å². The van der Waals surface area contributed by atoms with Crippen molar-refractivity contribution < 1.29 is 23.5 Å². The average Bonchev–Trinajstić information content (AvgIpc) is 3.10. The number of fused-ring (bicyclic) bond motifs is 1. The molecule has 3 rings (SSSR count). The summed E-state index contributed by atoms with van der Waals surface area (Å²) in [4.78, 5) is 26.7. The Kier molecular flexibility index (Phi) is 5.99. The van der Waals surface area contributed by atoms with E-state index in [9.17, 15) is 9.59 Å². The predicted octanol–water partition coefficient (Wildman–Crippen LogP) is 3.97. The van der Waals surface area contributed by atoms with Crippen LogP contribution < -0.4 is 9.64 Å². The molecule has 0 aliphatic heterocycles. The van der Waals surface area contributed by atoms with E-state index >= 15 is 0 Å². The third-order valence-electron chi connectivity index (χ3n) is 4.50. The fourth-order valence-electron chi connectivity index (χ4n) is 3.07. The molecule has 0 aliphatic rings. The van der Waals surface area contributed by atoms with Crippen molar-refractivity contribution >= 4 is 28.5 Å². The summed E-state index contributed by atoms with van der Waals surface area (Å²) in [6.45, 7) is 3.95. The van der Waals surface area contributed by atoms with Crippen LogP contribution in [-0.2, 0) is 20.7 Å². The number of benzene rings is 2. The van der Waals surface area contributed by atoms with Crippen LogP contribution in [0.15, 0.2) is 59.2 Å². The molecule has 0 radical (unpaired) electrons. The Balaban J connectivity index is 1.66. The standard InChI is InChI=1S/C22H23NO5/c1-4-23(17-8-6-5-7-9-17)22(25)15(2)28-21(24)12-16-14-27-20-13-18(26-3)10-11-19(16)20/h5-11,13-15H,4,12H2,1-3H3/t15-/m0/s1. The minimum absolute atomic E-state index is 0.0222. The lowest BCUT2D eigenvalue weighted by Gasteiger charge is -2.24. The number of esters is 1. The maximum atomic E-state index is 12.7. The molecule has 0 aliphatic carbocycles. The Labute approximate surface area is 163 Å². The Morgan fingerprint density at radius 2 is 1.89 bits per heavy atom. The van der Waals surface area contributed by atoms with Gasteiger partial charge in [-0.3, -0.25) is 9.59 Å². The van der Waals surface area contributed by atoms with Crippen LogP contribution in [0, 0.1) is 0 Å². The maximum Gasteiger partial charge on any atom is 0.311 e. The van der Waals surface area contributed by atoms with E-state index in [-0.39, 0.29) is 12.3 Å². The number of likely N-dealkylation sites (N-methyl/N-ethyl adjacent to an activating group) is 1. The van der Waals surface area contributed by atoms with Gasteiger partial charge in [-0.1, -0.05) is 18.2 Å². The highest BCUT2D eigenvalue weighted by Crippen LogP contribution is 2.26. The van der Waals surface area contributed by atoms with Crippen molar-refractivity contribution in [1.29, 1.82) is 0 Å². The Bertz CT molecular complexity index is 963. The first-order valence-corrected chi connectivity index (χ1v) is 9.13. The number of carbonyl (C=O) groups excluding carboxylic acids is 2. The third kappa shape index (κ3) is 4.17. The lowest BCUT2D eigenvalue weighted by Crippen LogP contribution is -2.40. The van der Waals surface area contributed by atoms with Crippen LogP contribution in [0.3, 0.4) is 0 Å². The SMILES string of the molecule is CCN(C(=O)[C@H](C)OC(=O)Cc1coc2cc(OC)ccc12)c1ccccc1. The zero-order valence-electron chi connectivity index (χ0n) is 16.2. The molecule has 2 aromatic carbocycles. The molecule has 1 atom stereocenters. The molecule has 0 bridgehead atoms. The minimum Gasteiger partial charge on any atom is -0.497 e. The largest absolute Gasteiger partial charge is 0.497 e. The van der Waals surface area contributed by atoms with Gasteiger partial charge in [-0.05, 0) is 38.1 Å². The summed E-state index contributed by atoms with van der Waals surface area (Å²) in [7, 11) is 1.58. The molecule has 6 heteroatoms. The number of hydrogen-bond acceptors (Lipinski definition) is 5. The van der Waals surface area contributed by atoms with Crippen LogP contribution in [0.25, 0.3) is 11.0 Å². The molecule has 0 saturated carbocycles. The smallest absolute Gasteiger partial charge is 0.311 e. The minimum atomic E-state index is -0.883. The molecule has 28 heavy (non-hydrogen) atoms. The summed E-state index contributed by atoms with van der Waals surface area (Å²) in [5.74, 6) is -0.0666. The first-order valence-electron chi connectivity index (χ1n) is 9.13. The van der Waals surface area contributed by atoms with Gasteiger partial charge in [0, 0.05) is 29.2 Å². The van der Waals surface area contributed by atoms with Crippen molar-refractivity contribution in [1.82, 2.24) is 0 Å². The molecular weight excluding hydrogens is 358 g/mol. The van der Waals surface area contributed by atoms with Gasteiger partial charge in [0.25, 0.3) is 5.91 Å². The lowest BCUT2D eigenvalue weighted by molar-refractivity contribution is -0.153. The number of methoxy groups -OCH3 is 1. The van der Waals surface area contributed by atoms with Gasteiger partial charge in [-0.15, -0.1) is 0 Å². The van der Waals surface area contributed by atoms with Crippen LogP contribution in [0.5, 0.6) is 5.75 Å². The van der Waals surface area contributed by atoms with Crippen LogP contribution in [0.4, 0.5) is 5.69 Å². The molecule has 3 aromatic rings. The molecule has 1 amide bonds. The molecule has 1 aromatic heterocycles. The number of ether oxygens (including phenoxy) is 2. The molecule has 0 saturated heterocycles. The van der Waals surface area contributed by atoms with Gasteiger partial charge in [0.15, 0.2) is 6.10 Å². The van der Waals surface area contributed by atoms with Crippen molar-refractivity contribution in [3.05, 3.63) is 60.4 Å². The van der Waals surface area contributed by atoms with Crippen LogP contribution in [0.2, 0.25) is 0 Å². The van der Waals surface area contributed by atoms with E-state index in [0.717, 1.165) is 11.1 Å². The molecule has 6 nitrogen and oxygen atoms in total. The second-order valence-corrected chi connectivity index (χ2v) is 6.35. The average molecular weight is 381 g/mol. The number of amides is 1. The quantitative estimate of drug-likeness (QED) is 0.579. The maximum absolute atomic E-state index is 12.7. The number of para-hydroxylation sites is 1. The summed E-state index contributed by atoms with van der Waals surface area (Å²) in [6, 6.07) is 14.7. The van der Waals surface area contributed by atoms with Gasteiger partial charge >= 0.3 is 5.97 Å². The van der Waals surface area contributed by atoms with E-state index in [1.807, 2.05) is 43.3 Å². The van der Waals surface area contributed by atoms with Gasteiger partial charge in [-0.2, -0.15) is 0 Å². The van der Waals surface area contributed by atoms with Gasteiger partial charge < -0.3 is 18.8 Å². The van der Waals surface area contributed by atoms with Gasteiger partial charge in [0.05, 0.1) is 19.8 Å². The lowest BCUT2D eigenvalue weighted by atomic mass is 10.1. The topological polar surface area (TPSA) is 69.0 Å². The second-order valence-electron chi connectivity index (χ2n) is 6.35. The number of anilines is 1. The third-order valence-corrected chi connectivity index (χ3v) is 4.50. The highest BCUT2D eigenvalue weighted by molar-refractivity contribution is 5.97. The van der Waals surface area contributed by atoms with E-state index in [1.54, 1.807) is 31.1 Å². The van der Waals surface area contributed by atoms with Crippen LogP contribution >= 0.6 is 0 Å². The highest BCUT2D eigenvalue weighted by atomic mass is 16.5. The van der Waals surface area contributed by atoms with E-state index in [1.165, 1.54) is 6.26 Å². The zero-order valence-corrected chi connectivity index (χ0v) is 16.2. The molecule has 0 fully saturated rings. The van der Waals surface area contributed by atoms with Gasteiger partial charge in [0.2, 0.25) is 0 Å². The Morgan fingerprint density at radius 3 is 2.57 bits per heavy atom. The number of rotatable bonds is 7. The van der Waals surface area contributed by atoms with Crippen molar-refractivity contribution in [2.24, 2.45) is 0 Å². The second kappa shape index (κ2) is 8.61. The van der Waals surface area contributed by atoms with Crippen LogP contribution in [-0.4, -0.2) is 31.6 Å². The first kappa shape index (κ1) is 19.5. The van der Waals surface area contributed by atoms with E-state index in [4.69, 9.17) is 13.9 Å². The Morgan fingerprint density at radius 1 is 1.14 bits per heavy atom. The molecule has 0 N–H and O–H groups in total. The normalized spacial score (nSPS) is 11.8. The van der Waals surface area contributed by atoms with Crippen molar-refractivity contribution in [2.45, 2.75) is 26.4 Å². The molecule has 1 heterocycles. The number of carbonyl (C=O) groups is 2. The summed E-state index contributed by atoms with van der Waals surface area (Å²) in [5.41, 5.74) is 2.11. The molecular formula is C22H23NO5. The van der Waals surface area contributed by atoms with Gasteiger partial charge in [0.1, 0.15) is 11.3 Å². The zero-order chi connectivity index (χ0) is 20.1. The first-order chi connectivity index (χ1) is 13.5. The number of hydrogen-bond donors (Lipinski definition) is 0.